The molecule has 0 saturated heterocycles. The van der Waals surface area contributed by atoms with Gasteiger partial charge in [0.25, 0.3) is 0 Å². The van der Waals surface area contributed by atoms with Crippen molar-refractivity contribution in [2.45, 2.75) is 6.42 Å². The van der Waals surface area contributed by atoms with Crippen molar-refractivity contribution < 1.29 is 8.78 Å². The Labute approximate surface area is 103 Å². The summed E-state index contributed by atoms with van der Waals surface area (Å²) in [6, 6.07) is 3.83. The molecule has 2 rings (SSSR count). The second-order valence-corrected chi connectivity index (χ2v) is 4.01. The van der Waals surface area contributed by atoms with Gasteiger partial charge in [0.15, 0.2) is 5.82 Å². The summed E-state index contributed by atoms with van der Waals surface area (Å²) in [6.45, 7) is 0.504. The number of aromatic nitrogens is 2. The first kappa shape index (κ1) is 12.3. The molecule has 0 aliphatic carbocycles. The van der Waals surface area contributed by atoms with Crippen molar-refractivity contribution in [2.75, 3.05) is 17.6 Å². The zero-order valence-electron chi connectivity index (χ0n) is 9.95. The lowest BCUT2D eigenvalue weighted by Gasteiger charge is -2.09. The van der Waals surface area contributed by atoms with Crippen molar-refractivity contribution >= 4 is 11.4 Å². The largest absolute Gasteiger partial charge is 0.395 e. The van der Waals surface area contributed by atoms with Gasteiger partial charge in [-0.15, -0.1) is 0 Å². The molecule has 0 fully saturated rings. The minimum Gasteiger partial charge on any atom is -0.395 e. The minimum atomic E-state index is -0.754. The van der Waals surface area contributed by atoms with Crippen molar-refractivity contribution in [3.8, 4) is 0 Å². The fraction of sp³-hybridized carbons (Fsp3) is 0.250. The maximum atomic E-state index is 13.2. The van der Waals surface area contributed by atoms with Gasteiger partial charge in [-0.05, 0) is 12.1 Å². The SMILES string of the molecule is Cn1ccc(CCNc2cc(F)cc(F)c2N)n1. The molecule has 6 heteroatoms. The molecule has 2 aromatic rings. The molecule has 1 aromatic carbocycles. The lowest BCUT2D eigenvalue weighted by atomic mass is 10.2. The quantitative estimate of drug-likeness (QED) is 0.817. The Morgan fingerprint density at radius 1 is 1.39 bits per heavy atom. The predicted molar refractivity (Wildman–Crippen MR) is 66.2 cm³/mol. The standard InChI is InChI=1S/C12H14F2N4/c1-18-5-3-9(17-18)2-4-16-11-7-8(13)6-10(14)12(11)15/h3,5-7,16H,2,4,15H2,1H3. The monoisotopic (exact) mass is 252 g/mol. The normalized spacial score (nSPS) is 10.6. The first-order valence-electron chi connectivity index (χ1n) is 5.53. The van der Waals surface area contributed by atoms with Gasteiger partial charge in [-0.25, -0.2) is 8.78 Å². The summed E-state index contributed by atoms with van der Waals surface area (Å²) in [6.07, 6.45) is 2.49. The fourth-order valence-corrected chi connectivity index (χ4v) is 1.65. The van der Waals surface area contributed by atoms with Crippen LogP contribution < -0.4 is 11.1 Å². The highest BCUT2D eigenvalue weighted by Crippen LogP contribution is 2.23. The van der Waals surface area contributed by atoms with E-state index in [4.69, 9.17) is 5.73 Å². The van der Waals surface area contributed by atoms with Crippen LogP contribution in [-0.2, 0) is 13.5 Å². The fourth-order valence-electron chi connectivity index (χ4n) is 1.65. The van der Waals surface area contributed by atoms with Crippen molar-refractivity contribution in [2.24, 2.45) is 7.05 Å². The van der Waals surface area contributed by atoms with Crippen molar-refractivity contribution in [3.05, 3.63) is 41.7 Å². The van der Waals surface area contributed by atoms with Crippen LogP contribution in [0.1, 0.15) is 5.69 Å². The van der Waals surface area contributed by atoms with Gasteiger partial charge < -0.3 is 11.1 Å². The van der Waals surface area contributed by atoms with Gasteiger partial charge in [-0.1, -0.05) is 0 Å². The number of anilines is 2. The van der Waals surface area contributed by atoms with Gasteiger partial charge in [0.2, 0.25) is 0 Å². The van der Waals surface area contributed by atoms with Crippen molar-refractivity contribution in [1.82, 2.24) is 9.78 Å². The number of nitrogens with zero attached hydrogens (tertiary/aromatic N) is 2. The Morgan fingerprint density at radius 3 is 2.83 bits per heavy atom. The second kappa shape index (κ2) is 5.03. The molecule has 1 heterocycles. The first-order chi connectivity index (χ1) is 8.56. The molecular formula is C12H14F2N4. The molecular weight excluding hydrogens is 238 g/mol. The number of nitrogens with one attached hydrogen (secondary N) is 1. The van der Waals surface area contributed by atoms with E-state index < -0.39 is 11.6 Å². The van der Waals surface area contributed by atoms with Crippen LogP contribution >= 0.6 is 0 Å². The van der Waals surface area contributed by atoms with Crippen LogP contribution in [0.15, 0.2) is 24.4 Å². The molecule has 1 aromatic heterocycles. The molecule has 0 unspecified atom stereocenters. The molecule has 0 aliphatic rings. The van der Waals surface area contributed by atoms with E-state index >= 15 is 0 Å². The van der Waals surface area contributed by atoms with Crippen LogP contribution in [0.25, 0.3) is 0 Å². The molecule has 0 radical (unpaired) electrons. The molecule has 0 bridgehead atoms. The molecule has 0 amide bonds. The van der Waals surface area contributed by atoms with E-state index in [1.54, 1.807) is 4.68 Å². The summed E-state index contributed by atoms with van der Waals surface area (Å²) < 4.78 is 27.9. The number of hydrogen-bond donors (Lipinski definition) is 2. The highest BCUT2D eigenvalue weighted by Gasteiger charge is 2.07. The zero-order chi connectivity index (χ0) is 13.1. The molecule has 18 heavy (non-hydrogen) atoms. The number of hydrogen-bond acceptors (Lipinski definition) is 3. The van der Waals surface area contributed by atoms with E-state index in [2.05, 4.69) is 10.4 Å². The maximum Gasteiger partial charge on any atom is 0.151 e. The van der Waals surface area contributed by atoms with Gasteiger partial charge in [0, 0.05) is 32.3 Å². The van der Waals surface area contributed by atoms with E-state index in [1.165, 1.54) is 6.07 Å². The highest BCUT2D eigenvalue weighted by molar-refractivity contribution is 5.66. The van der Waals surface area contributed by atoms with Gasteiger partial charge >= 0.3 is 0 Å². The third-order valence-electron chi connectivity index (χ3n) is 2.56. The Bertz CT molecular complexity index is 551. The highest BCUT2D eigenvalue weighted by atomic mass is 19.1. The summed E-state index contributed by atoms with van der Waals surface area (Å²) >= 11 is 0. The zero-order valence-corrected chi connectivity index (χ0v) is 9.95. The topological polar surface area (TPSA) is 55.9 Å². The van der Waals surface area contributed by atoms with Crippen LogP contribution in [0.3, 0.4) is 0 Å². The van der Waals surface area contributed by atoms with E-state index in [-0.39, 0.29) is 11.4 Å². The number of nitrogen functional groups attached to an aromatic ring is 1. The maximum absolute atomic E-state index is 13.2. The van der Waals surface area contributed by atoms with Crippen molar-refractivity contribution in [1.29, 1.82) is 0 Å². The van der Waals surface area contributed by atoms with E-state index in [9.17, 15) is 8.78 Å². The summed E-state index contributed by atoms with van der Waals surface area (Å²) in [5, 5.41) is 7.09. The Kier molecular flexibility index (Phi) is 3.45. The molecule has 0 saturated carbocycles. The number of benzene rings is 1. The minimum absolute atomic E-state index is 0.0718. The molecule has 0 atom stereocenters. The summed E-state index contributed by atoms with van der Waals surface area (Å²) in [4.78, 5) is 0. The van der Waals surface area contributed by atoms with Crippen molar-refractivity contribution in [3.63, 3.8) is 0 Å². The third-order valence-corrected chi connectivity index (χ3v) is 2.56. The van der Waals surface area contributed by atoms with E-state index in [0.717, 1.165) is 11.8 Å². The van der Waals surface area contributed by atoms with Crippen LogP contribution in [0, 0.1) is 11.6 Å². The average Bonchev–Trinajstić information content (AvgIpc) is 2.71. The van der Waals surface area contributed by atoms with E-state index in [1.807, 2.05) is 19.3 Å². The third kappa shape index (κ3) is 2.77. The summed E-state index contributed by atoms with van der Waals surface area (Å²) in [5.41, 5.74) is 6.61. The summed E-state index contributed by atoms with van der Waals surface area (Å²) in [7, 11) is 1.83. The Morgan fingerprint density at radius 2 is 2.17 bits per heavy atom. The van der Waals surface area contributed by atoms with Crippen LogP contribution in [-0.4, -0.2) is 16.3 Å². The molecule has 3 N–H and O–H groups in total. The second-order valence-electron chi connectivity index (χ2n) is 4.01. The van der Waals surface area contributed by atoms with Crippen LogP contribution in [0.2, 0.25) is 0 Å². The van der Waals surface area contributed by atoms with Gasteiger partial charge in [-0.2, -0.15) is 5.10 Å². The van der Waals surface area contributed by atoms with E-state index in [0.29, 0.717) is 13.0 Å². The van der Waals surface area contributed by atoms with Gasteiger partial charge in [0.05, 0.1) is 17.1 Å². The Hall–Kier alpha value is -2.11. The summed E-state index contributed by atoms with van der Waals surface area (Å²) in [5.74, 6) is -1.41. The van der Waals surface area contributed by atoms with Crippen LogP contribution in [0.4, 0.5) is 20.2 Å². The average molecular weight is 252 g/mol. The molecule has 0 aliphatic heterocycles. The Balaban J connectivity index is 1.98. The first-order valence-corrected chi connectivity index (χ1v) is 5.53. The van der Waals surface area contributed by atoms with Gasteiger partial charge in [0.1, 0.15) is 5.82 Å². The lowest BCUT2D eigenvalue weighted by Crippen LogP contribution is -2.09. The molecule has 4 nitrogen and oxygen atoms in total. The van der Waals surface area contributed by atoms with Crippen LogP contribution in [0.5, 0.6) is 0 Å². The number of rotatable bonds is 4. The molecule has 96 valence electrons. The van der Waals surface area contributed by atoms with Gasteiger partial charge in [-0.3, -0.25) is 4.68 Å². The number of nitrogens with two attached hydrogens (primary N) is 1. The predicted octanol–water partition coefficient (Wildman–Crippen LogP) is 1.94. The number of halogens is 2. The molecule has 0 spiro atoms. The number of aryl methyl sites for hydroxylation is 1. The lowest BCUT2D eigenvalue weighted by molar-refractivity contribution is 0.587. The smallest absolute Gasteiger partial charge is 0.151 e.